The first-order valence-corrected chi connectivity index (χ1v) is 24.9. The highest BCUT2D eigenvalue weighted by Gasteiger charge is 2.48. The normalized spacial score (nSPS) is 18.0. The second-order valence-electron chi connectivity index (χ2n) is 21.7. The summed E-state index contributed by atoms with van der Waals surface area (Å²) in [7, 11) is 0. The summed E-state index contributed by atoms with van der Waals surface area (Å²) in [4.78, 5) is 5.76. The van der Waals surface area contributed by atoms with E-state index < -0.39 is 97.3 Å². The Morgan fingerprint density at radius 2 is 1.18 bits per heavy atom. The molecule has 2 aliphatic heterocycles. The fourth-order valence-electron chi connectivity index (χ4n) is 11.5. The van der Waals surface area contributed by atoms with Gasteiger partial charge in [0.1, 0.15) is 5.58 Å². The summed E-state index contributed by atoms with van der Waals surface area (Å²) in [6.07, 6.45) is 1.90. The maximum atomic E-state index is 9.63. The van der Waals surface area contributed by atoms with E-state index in [2.05, 4.69) is 83.7 Å². The van der Waals surface area contributed by atoms with Crippen molar-refractivity contribution < 1.29 is 25.0 Å². The van der Waals surface area contributed by atoms with Crippen molar-refractivity contribution >= 4 is 85.5 Å². The molecule has 0 atom stereocenters. The quantitative estimate of drug-likeness (QED) is 0.149. The van der Waals surface area contributed by atoms with Gasteiger partial charge in [0.25, 0.3) is 6.71 Å². The molecule has 0 radical (unpaired) electrons. The molecule has 3 heterocycles. The van der Waals surface area contributed by atoms with E-state index in [1.807, 2.05) is 35.2 Å². The van der Waals surface area contributed by atoms with Gasteiger partial charge in [-0.05, 0) is 146 Å². The van der Waals surface area contributed by atoms with Crippen LogP contribution in [0.15, 0.2) is 216 Å². The molecule has 4 nitrogen and oxygen atoms in total. The molecule has 356 valence electrons. The topological polar surface area (TPSA) is 22.9 Å². The molecule has 73 heavy (non-hydrogen) atoms. The van der Waals surface area contributed by atoms with Gasteiger partial charge in [-0.1, -0.05) is 188 Å². The zero-order valence-electron chi connectivity index (χ0n) is 56.8. The molecular formula is C68H60BN3O. The monoisotopic (exact) mass is 961 g/mol. The molecule has 0 amide bonds. The number of anilines is 9. The lowest BCUT2D eigenvalue weighted by molar-refractivity contribution is 0.332. The summed E-state index contributed by atoms with van der Waals surface area (Å²) in [5.41, 5.74) is 9.40. The number of para-hydroxylation sites is 3. The van der Waals surface area contributed by atoms with Gasteiger partial charge in [-0.3, -0.25) is 0 Å². The third-order valence-corrected chi connectivity index (χ3v) is 15.3. The van der Waals surface area contributed by atoms with Crippen molar-refractivity contribution in [1.29, 1.82) is 0 Å². The fraction of sp³-hybridized carbons (Fsp3) is 0.176. The second kappa shape index (κ2) is 16.8. The van der Waals surface area contributed by atoms with Crippen molar-refractivity contribution in [2.45, 2.75) is 77.6 Å². The van der Waals surface area contributed by atoms with Crippen LogP contribution in [0.3, 0.4) is 0 Å². The van der Waals surface area contributed by atoms with E-state index in [0.717, 1.165) is 35.2 Å². The molecule has 0 unspecified atom stereocenters. The predicted octanol–water partition coefficient (Wildman–Crippen LogP) is 17.0. The van der Waals surface area contributed by atoms with E-state index in [4.69, 9.17) is 16.8 Å². The highest BCUT2D eigenvalue weighted by atomic mass is 16.3. The Hall–Kier alpha value is -8.02. The average molecular weight is 961 g/mol. The van der Waals surface area contributed by atoms with E-state index in [0.29, 0.717) is 56.3 Å². The van der Waals surface area contributed by atoms with E-state index in [1.165, 1.54) is 11.1 Å². The van der Waals surface area contributed by atoms with Gasteiger partial charge < -0.3 is 19.1 Å². The lowest BCUT2D eigenvalue weighted by Crippen LogP contribution is -2.61. The molecular weight excluding hydrogens is 886 g/mol. The van der Waals surface area contributed by atoms with Gasteiger partial charge in [-0.2, -0.15) is 0 Å². The van der Waals surface area contributed by atoms with Crippen LogP contribution in [0.25, 0.3) is 33.2 Å². The maximum Gasteiger partial charge on any atom is 0.297 e. The summed E-state index contributed by atoms with van der Waals surface area (Å²) >= 11 is 0. The molecule has 0 N–H and O–H groups in total. The summed E-state index contributed by atoms with van der Waals surface area (Å²) in [6, 6.07) is 30.3. The predicted molar refractivity (Wildman–Crippen MR) is 310 cm³/mol. The van der Waals surface area contributed by atoms with Crippen molar-refractivity contribution in [1.82, 2.24) is 0 Å². The van der Waals surface area contributed by atoms with Crippen molar-refractivity contribution in [2.75, 3.05) is 14.7 Å². The third kappa shape index (κ3) is 7.34. The highest BCUT2D eigenvalue weighted by Crippen LogP contribution is 2.54. The molecule has 1 aliphatic carbocycles. The number of benzene rings is 9. The van der Waals surface area contributed by atoms with Gasteiger partial charge in [-0.15, -0.1) is 0 Å². The molecule has 9 aromatic carbocycles. The Kier molecular flexibility index (Phi) is 7.23. The first-order valence-electron chi connectivity index (χ1n) is 32.4. The first kappa shape index (κ1) is 31.4. The van der Waals surface area contributed by atoms with Gasteiger partial charge in [0, 0.05) is 45.1 Å². The van der Waals surface area contributed by atoms with Crippen molar-refractivity contribution in [3.63, 3.8) is 0 Å². The molecule has 5 heteroatoms. The van der Waals surface area contributed by atoms with Gasteiger partial charge in [-0.25, -0.2) is 0 Å². The van der Waals surface area contributed by atoms with Gasteiger partial charge in [0.15, 0.2) is 0 Å². The van der Waals surface area contributed by atoms with E-state index in [9.17, 15) is 8.22 Å². The Morgan fingerprint density at radius 3 is 1.89 bits per heavy atom. The minimum absolute atomic E-state index is 0.0724. The Morgan fingerprint density at radius 1 is 0.534 bits per heavy atom. The van der Waals surface area contributed by atoms with Crippen LogP contribution >= 0.6 is 0 Å². The standard InChI is InChI=1S/C68H60BN3O/c1-66(2,3)48-33-37-62-54(41-48)64-65(73-62)69-57-36-32-47(45-22-12-8-13-23-45)40-59(57)72(58-31-21-20-30-53(58)46-24-14-9-15-25-46)61-44-52(70(49-26-16-10-17-27-49)50-28-18-11-19-29-50)43-60(63(61)69)71(64)51-34-35-55-56(42-51)68(6,7)39-38-67(55,4)5/h8-37,40-44H,38-39H2,1-7H3/i8D,9D,10D,12D,13D,14D,15D,16D,17D,22D,23D,24D,25D,26D,27D. The van der Waals surface area contributed by atoms with E-state index in [-0.39, 0.29) is 44.2 Å². The van der Waals surface area contributed by atoms with E-state index in [1.54, 1.807) is 65.6 Å². The molecule has 3 aliphatic rings. The van der Waals surface area contributed by atoms with Crippen LogP contribution in [0.4, 0.5) is 51.2 Å². The van der Waals surface area contributed by atoms with Crippen LogP contribution in [0.1, 0.15) is 98.6 Å². The number of rotatable bonds is 7. The summed E-state index contributed by atoms with van der Waals surface area (Å²) in [5, 5.41) is 0.800. The minimum Gasteiger partial charge on any atom is -0.468 e. The number of fused-ring (bicyclic) bond motifs is 7. The molecule has 0 saturated carbocycles. The summed E-state index contributed by atoms with van der Waals surface area (Å²) < 4.78 is 144. The van der Waals surface area contributed by atoms with Crippen LogP contribution in [-0.2, 0) is 16.2 Å². The Labute approximate surface area is 452 Å². The Balaban J connectivity index is 1.25. The summed E-state index contributed by atoms with van der Waals surface area (Å²) in [5.74, 6) is 0. The smallest absolute Gasteiger partial charge is 0.297 e. The van der Waals surface area contributed by atoms with Crippen molar-refractivity contribution in [3.8, 4) is 22.3 Å². The third-order valence-electron chi connectivity index (χ3n) is 15.3. The molecule has 13 rings (SSSR count). The largest absolute Gasteiger partial charge is 0.468 e. The van der Waals surface area contributed by atoms with Crippen LogP contribution in [0.2, 0.25) is 0 Å². The zero-order valence-corrected chi connectivity index (χ0v) is 41.8. The molecule has 10 aromatic rings. The van der Waals surface area contributed by atoms with Crippen molar-refractivity contribution in [2.24, 2.45) is 0 Å². The minimum atomic E-state index is -0.789. The molecule has 0 saturated heterocycles. The second-order valence-corrected chi connectivity index (χ2v) is 21.7. The van der Waals surface area contributed by atoms with Crippen molar-refractivity contribution in [3.05, 3.63) is 229 Å². The van der Waals surface area contributed by atoms with Crippen LogP contribution in [0, 0.1) is 0 Å². The number of furan rings is 1. The van der Waals surface area contributed by atoms with Gasteiger partial charge in [0.05, 0.1) is 43.3 Å². The molecule has 0 bridgehead atoms. The van der Waals surface area contributed by atoms with Gasteiger partial charge in [0.2, 0.25) is 0 Å². The zero-order chi connectivity index (χ0) is 62.9. The van der Waals surface area contributed by atoms with E-state index >= 15 is 0 Å². The molecule has 1 aromatic heterocycles. The number of hydrogen-bond donors (Lipinski definition) is 0. The summed E-state index contributed by atoms with van der Waals surface area (Å²) in [6.45, 7) is 14.8. The average Bonchev–Trinajstić information content (AvgIpc) is 1.21. The first-order chi connectivity index (χ1) is 41.5. The fourth-order valence-corrected chi connectivity index (χ4v) is 11.5. The van der Waals surface area contributed by atoms with Crippen LogP contribution in [0.5, 0.6) is 0 Å². The number of nitrogens with zero attached hydrogens (tertiary/aromatic N) is 3. The maximum absolute atomic E-state index is 9.63. The SMILES string of the molecule is [2H]c1c([2H])c([2H])c(-c2ccc3c(c2)N(c2ccccc2-c2c([2H])c([2H])c([2H])c([2H])c2[2H])c2cc(N(c4ccccc4)c4c([2H])c([2H])c([2H])c([2H])c4[2H])cc4c2B3c2oc3ccc(C(C)(C)C)cc3c2N4c2ccc3c(c2)C(C)(C)CCC3(C)C)c([2H])c1[2H]. The van der Waals surface area contributed by atoms with Gasteiger partial charge >= 0.3 is 0 Å². The highest BCUT2D eigenvalue weighted by molar-refractivity contribution is 7.00. The Bertz CT molecular complexity index is 4580. The lowest BCUT2D eigenvalue weighted by Gasteiger charge is -2.45. The molecule has 0 spiro atoms. The lowest BCUT2D eigenvalue weighted by atomic mass is 9.35. The molecule has 0 fully saturated rings. The number of hydrogen-bond acceptors (Lipinski definition) is 4. The van der Waals surface area contributed by atoms with Crippen LogP contribution in [-0.4, -0.2) is 6.71 Å². The van der Waals surface area contributed by atoms with Crippen LogP contribution < -0.4 is 31.3 Å².